The van der Waals surface area contributed by atoms with Crippen molar-refractivity contribution in [2.75, 3.05) is 38.0 Å². The number of rotatable bonds is 5. The molecule has 1 heterocycles. The van der Waals surface area contributed by atoms with Gasteiger partial charge in [-0.3, -0.25) is 14.5 Å². The molecule has 3 rings (SSSR count). The van der Waals surface area contributed by atoms with Gasteiger partial charge < -0.3 is 10.2 Å². The Morgan fingerprint density at radius 3 is 2.57 bits per heavy atom. The van der Waals surface area contributed by atoms with Crippen LogP contribution >= 0.6 is 11.6 Å². The number of aryl methyl sites for hydroxylation is 1. The van der Waals surface area contributed by atoms with Crippen LogP contribution in [-0.2, 0) is 11.2 Å². The maximum Gasteiger partial charge on any atom is 0.256 e. The zero-order chi connectivity index (χ0) is 20.1. The van der Waals surface area contributed by atoms with Crippen LogP contribution in [0.5, 0.6) is 0 Å². The maximum atomic E-state index is 13.9. The largest absolute Gasteiger partial charge is 0.336 e. The Hall–Kier alpha value is -2.44. The Morgan fingerprint density at radius 2 is 1.86 bits per heavy atom. The lowest BCUT2D eigenvalue weighted by Gasteiger charge is -2.34. The van der Waals surface area contributed by atoms with Crippen LogP contribution in [0.2, 0.25) is 5.02 Å². The zero-order valence-electron chi connectivity index (χ0n) is 15.8. The summed E-state index contributed by atoms with van der Waals surface area (Å²) in [6, 6.07) is 11.7. The second-order valence-corrected chi connectivity index (χ2v) is 7.23. The third-order valence-electron chi connectivity index (χ3n) is 4.80. The number of halogens is 2. The number of nitrogens with one attached hydrogen (secondary N) is 1. The summed E-state index contributed by atoms with van der Waals surface area (Å²) in [4.78, 5) is 28.4. The number of carbonyl (C=O) groups excluding carboxylic acids is 2. The third kappa shape index (κ3) is 5.09. The average Bonchev–Trinajstić information content (AvgIpc) is 2.70. The first kappa shape index (κ1) is 20.3. The Kier molecular flexibility index (Phi) is 6.65. The first-order valence-electron chi connectivity index (χ1n) is 9.31. The van der Waals surface area contributed by atoms with E-state index in [9.17, 15) is 14.0 Å². The van der Waals surface area contributed by atoms with E-state index in [1.165, 1.54) is 18.2 Å². The molecule has 148 valence electrons. The van der Waals surface area contributed by atoms with Gasteiger partial charge in [0.2, 0.25) is 5.91 Å². The zero-order valence-corrected chi connectivity index (χ0v) is 16.5. The van der Waals surface area contributed by atoms with Crippen molar-refractivity contribution in [3.63, 3.8) is 0 Å². The van der Waals surface area contributed by atoms with Gasteiger partial charge in [0.1, 0.15) is 5.82 Å². The van der Waals surface area contributed by atoms with E-state index >= 15 is 0 Å². The lowest BCUT2D eigenvalue weighted by atomic mass is 10.1. The fraction of sp³-hybridized carbons (Fsp3) is 0.333. The topological polar surface area (TPSA) is 52.7 Å². The maximum absolute atomic E-state index is 13.9. The highest BCUT2D eigenvalue weighted by atomic mass is 35.5. The summed E-state index contributed by atoms with van der Waals surface area (Å²) in [6.45, 7) is 4.29. The van der Waals surface area contributed by atoms with Gasteiger partial charge in [0.25, 0.3) is 5.91 Å². The van der Waals surface area contributed by atoms with Crippen LogP contribution in [0.3, 0.4) is 0 Å². The van der Waals surface area contributed by atoms with Gasteiger partial charge in [-0.25, -0.2) is 4.39 Å². The summed E-state index contributed by atoms with van der Waals surface area (Å²) in [5.41, 5.74) is 1.93. The van der Waals surface area contributed by atoms with Crippen molar-refractivity contribution < 1.29 is 14.0 Å². The lowest BCUT2D eigenvalue weighted by molar-refractivity contribution is -0.117. The van der Waals surface area contributed by atoms with Gasteiger partial charge in [0.15, 0.2) is 0 Å². The molecule has 2 amide bonds. The van der Waals surface area contributed by atoms with Crippen molar-refractivity contribution in [3.05, 3.63) is 64.4 Å². The van der Waals surface area contributed by atoms with Crippen LogP contribution in [0.1, 0.15) is 22.8 Å². The van der Waals surface area contributed by atoms with Crippen molar-refractivity contribution >= 4 is 29.1 Å². The molecule has 1 N–H and O–H groups in total. The van der Waals surface area contributed by atoms with Gasteiger partial charge in [0, 0.05) is 36.9 Å². The van der Waals surface area contributed by atoms with Gasteiger partial charge in [-0.05, 0) is 42.3 Å². The fourth-order valence-electron chi connectivity index (χ4n) is 3.21. The highest BCUT2D eigenvalue weighted by molar-refractivity contribution is 6.31. The van der Waals surface area contributed by atoms with Gasteiger partial charge in [-0.1, -0.05) is 30.7 Å². The number of amides is 2. The van der Waals surface area contributed by atoms with Crippen LogP contribution in [0.4, 0.5) is 10.1 Å². The first-order chi connectivity index (χ1) is 13.5. The minimum absolute atomic E-state index is 0.0190. The van der Waals surface area contributed by atoms with Crippen LogP contribution in [0, 0.1) is 5.82 Å². The van der Waals surface area contributed by atoms with E-state index in [0.717, 1.165) is 17.7 Å². The number of benzene rings is 2. The van der Waals surface area contributed by atoms with Crippen molar-refractivity contribution in [2.45, 2.75) is 13.3 Å². The SMILES string of the molecule is CCc1cccc(NC(=O)CN2CCN(C(=O)c3cc(Cl)ccc3F)CC2)c1. The minimum Gasteiger partial charge on any atom is -0.336 e. The standard InChI is InChI=1S/C21H23ClFN3O2/c1-2-15-4-3-5-17(12-15)24-20(27)14-25-8-10-26(11-9-25)21(28)18-13-16(22)6-7-19(18)23/h3-7,12-13H,2,8-11,14H2,1H3,(H,24,27). The molecule has 0 atom stereocenters. The Morgan fingerprint density at radius 1 is 1.11 bits per heavy atom. The quantitative estimate of drug-likeness (QED) is 0.832. The van der Waals surface area contributed by atoms with Crippen molar-refractivity contribution in [2.24, 2.45) is 0 Å². The minimum atomic E-state index is -0.578. The monoisotopic (exact) mass is 403 g/mol. The van der Waals surface area contributed by atoms with E-state index in [2.05, 4.69) is 12.2 Å². The van der Waals surface area contributed by atoms with Gasteiger partial charge >= 0.3 is 0 Å². The van der Waals surface area contributed by atoms with E-state index in [-0.39, 0.29) is 23.9 Å². The van der Waals surface area contributed by atoms with Crippen molar-refractivity contribution in [3.8, 4) is 0 Å². The molecule has 0 bridgehead atoms. The highest BCUT2D eigenvalue weighted by Crippen LogP contribution is 2.18. The molecule has 0 spiro atoms. The van der Waals surface area contributed by atoms with E-state index in [1.807, 2.05) is 29.2 Å². The molecule has 0 saturated carbocycles. The number of piperazine rings is 1. The summed E-state index contributed by atoms with van der Waals surface area (Å²) in [7, 11) is 0. The predicted molar refractivity (Wildman–Crippen MR) is 108 cm³/mol. The second-order valence-electron chi connectivity index (χ2n) is 6.79. The molecule has 7 heteroatoms. The smallest absolute Gasteiger partial charge is 0.256 e. The third-order valence-corrected chi connectivity index (χ3v) is 5.04. The number of anilines is 1. The van der Waals surface area contributed by atoms with Crippen molar-refractivity contribution in [1.29, 1.82) is 0 Å². The number of hydrogen-bond acceptors (Lipinski definition) is 3. The van der Waals surface area contributed by atoms with Crippen LogP contribution in [0.15, 0.2) is 42.5 Å². The van der Waals surface area contributed by atoms with Gasteiger partial charge in [0.05, 0.1) is 12.1 Å². The van der Waals surface area contributed by atoms with Crippen LogP contribution < -0.4 is 5.32 Å². The van der Waals surface area contributed by atoms with Gasteiger partial charge in [-0.2, -0.15) is 0 Å². The number of carbonyl (C=O) groups is 2. The first-order valence-corrected chi connectivity index (χ1v) is 9.69. The molecule has 1 fully saturated rings. The molecule has 1 aliphatic rings. The Bertz CT molecular complexity index is 866. The lowest BCUT2D eigenvalue weighted by Crippen LogP contribution is -2.50. The van der Waals surface area contributed by atoms with E-state index in [1.54, 1.807) is 4.90 Å². The molecule has 0 aliphatic carbocycles. The molecule has 2 aromatic rings. The van der Waals surface area contributed by atoms with E-state index < -0.39 is 5.82 Å². The Labute approximate surface area is 169 Å². The summed E-state index contributed by atoms with van der Waals surface area (Å²) in [5, 5.41) is 3.24. The summed E-state index contributed by atoms with van der Waals surface area (Å²) < 4.78 is 13.9. The Balaban J connectivity index is 1.51. The summed E-state index contributed by atoms with van der Waals surface area (Å²) >= 11 is 5.88. The molecule has 2 aromatic carbocycles. The van der Waals surface area contributed by atoms with E-state index in [4.69, 9.17) is 11.6 Å². The number of nitrogens with zero attached hydrogens (tertiary/aromatic N) is 2. The van der Waals surface area contributed by atoms with E-state index in [0.29, 0.717) is 31.2 Å². The summed E-state index contributed by atoms with van der Waals surface area (Å²) in [5.74, 6) is -1.04. The molecular weight excluding hydrogens is 381 g/mol. The molecule has 28 heavy (non-hydrogen) atoms. The molecule has 1 saturated heterocycles. The second kappa shape index (κ2) is 9.17. The van der Waals surface area contributed by atoms with Crippen LogP contribution in [-0.4, -0.2) is 54.3 Å². The molecule has 0 aromatic heterocycles. The van der Waals surface area contributed by atoms with Gasteiger partial charge in [-0.15, -0.1) is 0 Å². The molecule has 1 aliphatic heterocycles. The van der Waals surface area contributed by atoms with Crippen molar-refractivity contribution in [1.82, 2.24) is 9.80 Å². The molecule has 0 radical (unpaired) electrons. The normalized spacial score (nSPS) is 14.8. The predicted octanol–water partition coefficient (Wildman–Crippen LogP) is 3.44. The highest BCUT2D eigenvalue weighted by Gasteiger charge is 2.25. The molecule has 5 nitrogen and oxygen atoms in total. The molecule has 0 unspecified atom stereocenters. The summed E-state index contributed by atoms with van der Waals surface area (Å²) in [6.07, 6.45) is 0.910. The molecular formula is C21H23ClFN3O2. The van der Waals surface area contributed by atoms with Crippen LogP contribution in [0.25, 0.3) is 0 Å². The average molecular weight is 404 g/mol. The fourth-order valence-corrected chi connectivity index (χ4v) is 3.39. The number of hydrogen-bond donors (Lipinski definition) is 1.